The van der Waals surface area contributed by atoms with Gasteiger partial charge in [0.2, 0.25) is 0 Å². The van der Waals surface area contributed by atoms with Crippen LogP contribution in [0.2, 0.25) is 0 Å². The van der Waals surface area contributed by atoms with Crippen LogP contribution in [0.4, 0.5) is 0 Å². The Morgan fingerprint density at radius 1 is 0.119 bits per heavy atom. The molecule has 0 aliphatic rings. The lowest BCUT2D eigenvalue weighted by molar-refractivity contribution is 1.18. The minimum absolute atomic E-state index is 1.19. The van der Waals surface area contributed by atoms with Crippen molar-refractivity contribution in [3.63, 3.8) is 0 Å². The molecule has 0 bridgehead atoms. The normalized spacial score (nSPS) is 10.0. The molecule has 0 atom stereocenters. The first kappa shape index (κ1) is 86.3. The van der Waals surface area contributed by atoms with Gasteiger partial charge in [0.05, 0.1) is 44.1 Å². The van der Waals surface area contributed by atoms with Gasteiger partial charge < -0.3 is 18.3 Å². The van der Waals surface area contributed by atoms with Crippen molar-refractivity contribution in [3.8, 4) is 33.9 Å². The molecule has 0 N–H and O–H groups in total. The van der Waals surface area contributed by atoms with Crippen LogP contribution < -0.4 is 0 Å². The van der Waals surface area contributed by atoms with Gasteiger partial charge in [0.1, 0.15) is 0 Å². The van der Waals surface area contributed by atoms with Gasteiger partial charge in [0.15, 0.2) is 0 Å². The number of nitrogens with zero attached hydrogens (tertiary/aromatic N) is 4. The molecule has 21 aromatic rings. The van der Waals surface area contributed by atoms with Crippen LogP contribution in [0.1, 0.15) is 77.6 Å². The third-order valence-electron chi connectivity index (χ3n) is 19.4. The molecule has 0 radical (unpaired) electrons. The van der Waals surface area contributed by atoms with Crippen molar-refractivity contribution in [2.24, 2.45) is 0 Å². The Labute approximate surface area is 701 Å². The lowest BCUT2D eigenvalue weighted by Gasteiger charge is -2.09. The number of hydrogen-bond donors (Lipinski definition) is 0. The molecule has 4 aromatic heterocycles. The minimum atomic E-state index is 1.19. The Morgan fingerprint density at radius 3 is 0.407 bits per heavy atom. The highest BCUT2D eigenvalue weighted by Gasteiger charge is 2.15. The molecule has 0 amide bonds. The van der Waals surface area contributed by atoms with Gasteiger partial charge >= 0.3 is 0 Å². The Morgan fingerprint density at radius 2 is 0.246 bits per heavy atom. The maximum Gasteiger partial charge on any atom is 0.0541 e. The lowest BCUT2D eigenvalue weighted by Crippen LogP contribution is -1.93. The second kappa shape index (κ2) is 46.3. The van der Waals surface area contributed by atoms with Crippen LogP contribution >= 0.6 is 0 Å². The first-order valence-corrected chi connectivity index (χ1v) is 41.7. The molecule has 0 spiro atoms. The van der Waals surface area contributed by atoms with E-state index in [-0.39, 0.29) is 0 Å². The number of fused-ring (bicyclic) bond motifs is 12. The molecular formula is C114H112N4. The molecule has 0 aliphatic carbocycles. The average molecular weight is 1540 g/mol. The fourth-order valence-corrected chi connectivity index (χ4v) is 14.1. The summed E-state index contributed by atoms with van der Waals surface area (Å²) in [5, 5.41) is 10.4. The van der Waals surface area contributed by atoms with E-state index < -0.39 is 0 Å². The number of aromatic nitrogens is 4. The summed E-state index contributed by atoms with van der Waals surface area (Å²) in [5.41, 5.74) is 22.6. The van der Waals surface area contributed by atoms with Gasteiger partial charge in [0, 0.05) is 65.8 Å². The van der Waals surface area contributed by atoms with Gasteiger partial charge in [-0.25, -0.2) is 0 Å². The van der Waals surface area contributed by atoms with Crippen molar-refractivity contribution in [1.29, 1.82) is 0 Å². The average Bonchev–Trinajstić information content (AvgIpc) is 1.62. The van der Waals surface area contributed by atoms with Gasteiger partial charge in [-0.05, 0) is 136 Å². The predicted octanol–water partition coefficient (Wildman–Crippen LogP) is 32.9. The molecule has 21 rings (SSSR count). The quantitative estimate of drug-likeness (QED) is 0.164. The molecule has 588 valence electrons. The molecule has 0 saturated carbocycles. The summed E-state index contributed by atoms with van der Waals surface area (Å²) in [7, 11) is 0. The SMILES string of the molecule is CC.CC.CC.CC.Cc1ccccc1.Cc1ccccc1.Cc1ccccc1.Cc1ccccc1.c1ccc(-c2ccc(-n3c4ccccc4c4ccccc43)cc2)cc1.c1ccc(-n2c3ccccc3c3ccccc32)cc1.c1ccc(-n2c3ccccc3c3ccccc32)cc1.c1ccc(-n2c3ccccc3c3ccccc32)cc1. The van der Waals surface area contributed by atoms with Crippen LogP contribution in [-0.2, 0) is 0 Å². The molecule has 0 fully saturated rings. The van der Waals surface area contributed by atoms with E-state index in [1.807, 2.05) is 128 Å². The van der Waals surface area contributed by atoms with Crippen molar-refractivity contribution in [2.75, 3.05) is 0 Å². The highest BCUT2D eigenvalue weighted by Crippen LogP contribution is 2.36. The van der Waals surface area contributed by atoms with Crippen molar-refractivity contribution in [3.05, 3.63) is 483 Å². The van der Waals surface area contributed by atoms with Gasteiger partial charge in [0.25, 0.3) is 0 Å². The Kier molecular flexibility index (Phi) is 33.9. The van der Waals surface area contributed by atoms with E-state index in [1.54, 1.807) is 0 Å². The topological polar surface area (TPSA) is 19.7 Å². The first-order chi connectivity index (χ1) is 58.3. The number of benzene rings is 17. The smallest absolute Gasteiger partial charge is 0.0541 e. The number of hydrogen-bond acceptors (Lipinski definition) is 0. The van der Waals surface area contributed by atoms with E-state index in [9.17, 15) is 0 Å². The van der Waals surface area contributed by atoms with Crippen LogP contribution in [0.3, 0.4) is 0 Å². The van der Waals surface area contributed by atoms with E-state index in [0.29, 0.717) is 0 Å². The molecule has 17 aromatic carbocycles. The zero-order chi connectivity index (χ0) is 83.1. The second-order valence-electron chi connectivity index (χ2n) is 27.0. The monoisotopic (exact) mass is 1540 g/mol. The van der Waals surface area contributed by atoms with Crippen molar-refractivity contribution in [2.45, 2.75) is 83.1 Å². The van der Waals surface area contributed by atoms with E-state index >= 15 is 0 Å². The van der Waals surface area contributed by atoms with Crippen molar-refractivity contribution in [1.82, 2.24) is 18.3 Å². The Bertz CT molecular complexity index is 5670. The maximum atomic E-state index is 2.35. The summed E-state index contributed by atoms with van der Waals surface area (Å²) in [6.45, 7) is 24.3. The molecule has 0 saturated heterocycles. The zero-order valence-electron chi connectivity index (χ0n) is 70.7. The van der Waals surface area contributed by atoms with Crippen LogP contribution in [0, 0.1) is 27.7 Å². The standard InChI is InChI=1S/C24H17N.3C18H13N.4C7H8.4C2H6/c1-2-8-18(9-3-1)19-14-16-20(17-15-19)25-23-12-6-4-10-21(23)22-11-5-7-13-24(22)25;3*1-2-8-14(9-3-1)19-17-12-6-4-10-15(17)16-11-5-7-13-18(16)19;4*1-7-5-3-2-4-6-7;4*1-2/h1-17H;3*1-13H;4*2-6H,1H3;4*1-2H3. The van der Waals surface area contributed by atoms with Crippen molar-refractivity contribution < 1.29 is 0 Å². The van der Waals surface area contributed by atoms with Gasteiger partial charge in [-0.1, -0.05) is 442 Å². The Hall–Kier alpha value is -14.1. The van der Waals surface area contributed by atoms with Crippen LogP contribution in [0.25, 0.3) is 121 Å². The predicted molar refractivity (Wildman–Crippen MR) is 519 cm³/mol. The third kappa shape index (κ3) is 22.3. The van der Waals surface area contributed by atoms with Crippen molar-refractivity contribution >= 4 is 87.2 Å². The minimum Gasteiger partial charge on any atom is -0.309 e. The largest absolute Gasteiger partial charge is 0.309 e. The van der Waals surface area contributed by atoms with Gasteiger partial charge in [-0.2, -0.15) is 0 Å². The zero-order valence-corrected chi connectivity index (χ0v) is 70.7. The first-order valence-electron chi connectivity index (χ1n) is 41.7. The highest BCUT2D eigenvalue weighted by molar-refractivity contribution is 6.12. The summed E-state index contributed by atoms with van der Waals surface area (Å²) < 4.78 is 9.32. The summed E-state index contributed by atoms with van der Waals surface area (Å²) in [5.74, 6) is 0. The highest BCUT2D eigenvalue weighted by atomic mass is 15.0. The molecular weight excluding hydrogens is 1430 g/mol. The summed E-state index contributed by atoms with van der Waals surface area (Å²) >= 11 is 0. The molecule has 4 nitrogen and oxygen atoms in total. The van der Waals surface area contributed by atoms with E-state index in [2.05, 4.69) is 434 Å². The summed E-state index contributed by atoms with van der Waals surface area (Å²) in [6.07, 6.45) is 0. The molecule has 0 aliphatic heterocycles. The number of para-hydroxylation sites is 11. The Balaban J connectivity index is 0.000000146. The third-order valence-corrected chi connectivity index (χ3v) is 19.4. The number of aryl methyl sites for hydroxylation is 4. The van der Waals surface area contributed by atoms with E-state index in [1.165, 1.54) is 143 Å². The van der Waals surface area contributed by atoms with Gasteiger partial charge in [-0.15, -0.1) is 0 Å². The molecule has 0 unspecified atom stereocenters. The fraction of sp³-hybridized carbons (Fsp3) is 0.105. The van der Waals surface area contributed by atoms with Crippen LogP contribution in [0.15, 0.2) is 461 Å². The maximum absolute atomic E-state index is 2.35. The van der Waals surface area contributed by atoms with Gasteiger partial charge in [-0.3, -0.25) is 0 Å². The second-order valence-corrected chi connectivity index (χ2v) is 27.0. The molecule has 4 heteroatoms. The lowest BCUT2D eigenvalue weighted by atomic mass is 10.1. The van der Waals surface area contributed by atoms with E-state index in [4.69, 9.17) is 0 Å². The molecule has 4 heterocycles. The van der Waals surface area contributed by atoms with Crippen LogP contribution in [-0.4, -0.2) is 18.3 Å². The number of rotatable bonds is 5. The summed E-state index contributed by atoms with van der Waals surface area (Å²) in [4.78, 5) is 0. The summed E-state index contributed by atoms with van der Waals surface area (Å²) in [6, 6.07) is 161. The molecule has 118 heavy (non-hydrogen) atoms. The fourth-order valence-electron chi connectivity index (χ4n) is 14.1. The van der Waals surface area contributed by atoms with Crippen LogP contribution in [0.5, 0.6) is 0 Å². The van der Waals surface area contributed by atoms with E-state index in [0.717, 1.165) is 0 Å².